The van der Waals surface area contributed by atoms with E-state index >= 15 is 0 Å². The molecule has 0 saturated heterocycles. The Balaban J connectivity index is -0.000000195. The third-order valence-corrected chi connectivity index (χ3v) is 14.1. The van der Waals surface area contributed by atoms with Crippen molar-refractivity contribution < 1.29 is 20.0 Å². The van der Waals surface area contributed by atoms with Crippen LogP contribution < -0.4 is 0 Å². The molecule has 0 radical (unpaired) electrons. The Morgan fingerprint density at radius 1 is 0.419 bits per heavy atom. The SMILES string of the molecule is CC(C)(C)C1CCCC1.CC(C)(C)C1CCCCC1.CC(C)(C)CC(C)(C)C.CC(C)(C)CC(C)(C)C(F)(F)F.CC(C)CC(C)(C)C.CCC(CC)C(C(CC)CC)C(C)(C)C.[2H]C([2H])(C)C(C)(C)C.[2H]C([2H])([2H])C(C)(C)C. The Kier molecular flexibility index (Phi) is 36.8. The molecule has 2 aliphatic carbocycles. The van der Waals surface area contributed by atoms with Crippen molar-refractivity contribution in [3.63, 3.8) is 0 Å². The lowest BCUT2D eigenvalue weighted by atomic mass is 9.64. The molecule has 2 aliphatic rings. The zero-order valence-electron chi connectivity index (χ0n) is 63.4. The number of hydrogen-bond donors (Lipinski definition) is 0. The number of rotatable bonds is 8. The largest absolute Gasteiger partial charge is 0.393 e. The van der Waals surface area contributed by atoms with Gasteiger partial charge in [-0.25, -0.2) is 0 Å². The summed E-state index contributed by atoms with van der Waals surface area (Å²) in [6.07, 6.45) is 16.3. The normalized spacial score (nSPS) is 17.3. The van der Waals surface area contributed by atoms with Crippen molar-refractivity contribution in [2.24, 2.45) is 89.7 Å². The Morgan fingerprint density at radius 3 is 0.770 bits per heavy atom. The maximum atomic E-state index is 12.4. The van der Waals surface area contributed by atoms with Crippen molar-refractivity contribution >= 4 is 0 Å². The van der Waals surface area contributed by atoms with Crippen LogP contribution in [0.3, 0.4) is 0 Å². The Hall–Kier alpha value is -0.210. The van der Waals surface area contributed by atoms with Crippen molar-refractivity contribution in [2.45, 2.75) is 371 Å². The van der Waals surface area contributed by atoms with Crippen molar-refractivity contribution in [1.82, 2.24) is 0 Å². The molecule has 0 atom stereocenters. The molecule has 0 nitrogen and oxygen atoms in total. The van der Waals surface area contributed by atoms with Gasteiger partial charge in [-0.3, -0.25) is 0 Å². The van der Waals surface area contributed by atoms with Crippen LogP contribution in [0.25, 0.3) is 0 Å². The predicted octanol–water partition coefficient (Wildman–Crippen LogP) is 27.4. The van der Waals surface area contributed by atoms with Gasteiger partial charge < -0.3 is 0 Å². The summed E-state index contributed by atoms with van der Waals surface area (Å²) in [6.45, 7) is 74.6. The van der Waals surface area contributed by atoms with Gasteiger partial charge in [-0.1, -0.05) is 320 Å². The Labute approximate surface area is 479 Å². The topological polar surface area (TPSA) is 0 Å². The van der Waals surface area contributed by atoms with Crippen molar-refractivity contribution in [2.75, 3.05) is 0 Å². The molecule has 2 rings (SSSR count). The molecule has 2 fully saturated rings. The molecule has 0 aromatic rings. The summed E-state index contributed by atoms with van der Waals surface area (Å²) in [5.41, 5.74) is 0.458. The van der Waals surface area contributed by atoms with E-state index in [4.69, 9.17) is 6.85 Å². The molecule has 0 aromatic carbocycles. The fourth-order valence-corrected chi connectivity index (χ4v) is 11.4. The van der Waals surface area contributed by atoms with E-state index in [9.17, 15) is 13.2 Å². The van der Waals surface area contributed by atoms with Crippen LogP contribution in [-0.4, -0.2) is 6.18 Å². The van der Waals surface area contributed by atoms with E-state index in [1.807, 2.05) is 41.5 Å². The molecule has 0 aromatic heterocycles. The number of alkyl halides is 3. The number of hydrogen-bond acceptors (Lipinski definition) is 0. The molecule has 0 amide bonds. The fraction of sp³-hybridized carbons (Fsp3) is 1.00. The van der Waals surface area contributed by atoms with Gasteiger partial charge in [0, 0.05) is 6.85 Å². The lowest BCUT2D eigenvalue weighted by Crippen LogP contribution is -2.35. The quantitative estimate of drug-likeness (QED) is 0.227. The van der Waals surface area contributed by atoms with E-state index in [2.05, 4.69) is 166 Å². The van der Waals surface area contributed by atoms with Gasteiger partial charge in [0.25, 0.3) is 0 Å². The van der Waals surface area contributed by atoms with E-state index in [-0.39, 0.29) is 17.3 Å². The summed E-state index contributed by atoms with van der Waals surface area (Å²) in [7, 11) is 0. The van der Waals surface area contributed by atoms with Crippen LogP contribution in [0.4, 0.5) is 13.2 Å². The van der Waals surface area contributed by atoms with Gasteiger partial charge in [0.1, 0.15) is 0 Å². The van der Waals surface area contributed by atoms with Gasteiger partial charge in [0.2, 0.25) is 0 Å². The first-order valence-electron chi connectivity index (χ1n) is 33.3. The molecule has 0 bridgehead atoms. The van der Waals surface area contributed by atoms with Crippen LogP contribution in [0.15, 0.2) is 0 Å². The van der Waals surface area contributed by atoms with Crippen molar-refractivity contribution in [3.05, 3.63) is 0 Å². The first-order chi connectivity index (χ1) is 34.2. The minimum absolute atomic E-state index is 0.156. The van der Waals surface area contributed by atoms with Crippen LogP contribution in [0.2, 0.25) is 0 Å². The first kappa shape index (κ1) is 73.8. The maximum Gasteiger partial charge on any atom is 0.393 e. The van der Waals surface area contributed by atoms with Crippen molar-refractivity contribution in [3.8, 4) is 0 Å². The predicted molar refractivity (Wildman–Crippen MR) is 340 cm³/mol. The van der Waals surface area contributed by atoms with Gasteiger partial charge in [0.05, 0.1) is 5.41 Å². The van der Waals surface area contributed by atoms with Crippen LogP contribution in [0.5, 0.6) is 0 Å². The highest BCUT2D eigenvalue weighted by Crippen LogP contribution is 2.46. The lowest BCUT2D eigenvalue weighted by molar-refractivity contribution is -0.220. The Morgan fingerprint density at radius 2 is 0.676 bits per heavy atom. The van der Waals surface area contributed by atoms with E-state index in [0.29, 0.717) is 32.5 Å². The Bertz CT molecular complexity index is 1360. The molecular formula is C71H151F3. The fourth-order valence-electron chi connectivity index (χ4n) is 11.4. The van der Waals surface area contributed by atoms with Crippen LogP contribution >= 0.6 is 0 Å². The zero-order chi connectivity index (χ0) is 65.3. The highest BCUT2D eigenvalue weighted by molar-refractivity contribution is 4.85. The lowest BCUT2D eigenvalue weighted by Gasteiger charge is -2.42. The average Bonchev–Trinajstić information content (AvgIpc) is 3.71. The highest BCUT2D eigenvalue weighted by Gasteiger charge is 2.48. The molecule has 2 saturated carbocycles. The van der Waals surface area contributed by atoms with Crippen molar-refractivity contribution in [1.29, 1.82) is 0 Å². The van der Waals surface area contributed by atoms with Gasteiger partial charge >= 0.3 is 6.18 Å². The minimum Gasteiger partial charge on any atom is -0.171 e. The molecule has 3 heteroatoms. The molecule has 0 aliphatic heterocycles. The summed E-state index contributed by atoms with van der Waals surface area (Å²) >= 11 is 0. The monoisotopic (exact) mass is 1070 g/mol. The molecule has 0 heterocycles. The molecular weight excluding hydrogens is 910 g/mol. The minimum atomic E-state index is -4.10. The molecule has 0 N–H and O–H groups in total. The first-order valence-corrected chi connectivity index (χ1v) is 30.8. The second kappa shape index (κ2) is 36.9. The molecule has 456 valence electrons. The standard InChI is InChI=1S/C15H32.C10H20.C9H17F3.C9H18.C9H20.C8H18.C6H14.C5H12/c1-8-12(9-2)14(15(5,6)7)13(10-3)11-4;1-10(2,3)9-7-5-4-6-8-9;1-7(2,3)6-8(4,5)9(10,11)12;1-9(2,3)8-6-4-5-7-8;1-8(2,3)7-9(4,5)6;1-7(2)6-8(3,4)5;1-5-6(2,3)4;1-5(2,3)4/h12-14H,8-11H2,1-7H3;9H,4-8H2,1-3H3;6H2,1-5H3;8H,4-7H2,1-3H3;7H2,1-6H3;7H,6H2,1-5H3;5H2,1-4H3;1-4H3/i;;;;;;5D2;1D3. The van der Waals surface area contributed by atoms with Gasteiger partial charge in [0.15, 0.2) is 0 Å². The summed E-state index contributed by atoms with van der Waals surface area (Å²) in [5.74, 6) is 5.57. The van der Waals surface area contributed by atoms with Crippen LogP contribution in [-0.2, 0) is 0 Å². The van der Waals surface area contributed by atoms with Crippen LogP contribution in [0.1, 0.15) is 372 Å². The average molecular weight is 1070 g/mol. The zero-order valence-corrected chi connectivity index (χ0v) is 58.4. The van der Waals surface area contributed by atoms with Gasteiger partial charge in [-0.05, 0) is 129 Å². The molecule has 74 heavy (non-hydrogen) atoms. The van der Waals surface area contributed by atoms with Gasteiger partial charge in [-0.2, -0.15) is 13.2 Å². The van der Waals surface area contributed by atoms with E-state index < -0.39 is 30.2 Å². The maximum absolute atomic E-state index is 12.4. The molecule has 0 unspecified atom stereocenters. The van der Waals surface area contributed by atoms with E-state index in [1.165, 1.54) is 110 Å². The summed E-state index contributed by atoms with van der Waals surface area (Å²) in [5, 5.41) is 0. The smallest absolute Gasteiger partial charge is 0.171 e. The molecule has 0 spiro atoms. The summed E-state index contributed by atoms with van der Waals surface area (Å²) < 4.78 is 72.3. The second-order valence-corrected chi connectivity index (χ2v) is 34.4. The highest BCUT2D eigenvalue weighted by atomic mass is 19.4. The van der Waals surface area contributed by atoms with Crippen LogP contribution in [0, 0.1) is 89.7 Å². The van der Waals surface area contributed by atoms with E-state index in [1.54, 1.807) is 27.7 Å². The summed E-state index contributed by atoms with van der Waals surface area (Å²) in [4.78, 5) is 0. The third-order valence-electron chi connectivity index (χ3n) is 14.1. The summed E-state index contributed by atoms with van der Waals surface area (Å²) in [6, 6.07) is 0. The second-order valence-electron chi connectivity index (χ2n) is 34.4. The number of halogens is 3. The van der Waals surface area contributed by atoms with Gasteiger partial charge in [-0.15, -0.1) is 0 Å². The third kappa shape index (κ3) is 59.5. The van der Waals surface area contributed by atoms with E-state index in [0.717, 1.165) is 35.5 Å².